The summed E-state index contributed by atoms with van der Waals surface area (Å²) in [5.41, 5.74) is 2.51. The highest BCUT2D eigenvalue weighted by atomic mass is 32.2. The van der Waals surface area contributed by atoms with E-state index >= 15 is 0 Å². The molecule has 104 valence electrons. The van der Waals surface area contributed by atoms with E-state index < -0.39 is 0 Å². The lowest BCUT2D eigenvalue weighted by molar-refractivity contribution is 0.953. The number of hydrogen-bond acceptors (Lipinski definition) is 10. The highest BCUT2D eigenvalue weighted by molar-refractivity contribution is 8.03. The van der Waals surface area contributed by atoms with Crippen molar-refractivity contribution in [2.75, 3.05) is 11.7 Å². The van der Waals surface area contributed by atoms with Crippen molar-refractivity contribution < 1.29 is 0 Å². The standard InChI is InChI=1S/C10H10N6S4/c1-4-3-5-6(18-4)12-8(14-11)13-7(5)19-10-16-15-9(17-2)20-10/h3H,11H2,1-2H3,(H,12,13,14). The lowest BCUT2D eigenvalue weighted by atomic mass is 10.4. The molecule has 0 aliphatic heterocycles. The maximum Gasteiger partial charge on any atom is 0.239 e. The largest absolute Gasteiger partial charge is 0.292 e. The molecule has 3 rings (SSSR count). The van der Waals surface area contributed by atoms with Crippen LogP contribution in [-0.2, 0) is 0 Å². The van der Waals surface area contributed by atoms with Crippen molar-refractivity contribution in [1.29, 1.82) is 0 Å². The molecule has 20 heavy (non-hydrogen) atoms. The number of nitrogens with two attached hydrogens (primary N) is 1. The van der Waals surface area contributed by atoms with Gasteiger partial charge in [0.25, 0.3) is 0 Å². The van der Waals surface area contributed by atoms with Gasteiger partial charge in [-0.15, -0.1) is 21.5 Å². The summed E-state index contributed by atoms with van der Waals surface area (Å²) >= 11 is 6.24. The number of fused-ring (bicyclic) bond motifs is 1. The summed E-state index contributed by atoms with van der Waals surface area (Å²) < 4.78 is 1.80. The van der Waals surface area contributed by atoms with E-state index in [0.29, 0.717) is 5.95 Å². The Hall–Kier alpha value is -0.940. The molecule has 0 saturated carbocycles. The van der Waals surface area contributed by atoms with Crippen LogP contribution in [0.4, 0.5) is 5.95 Å². The average molecular weight is 343 g/mol. The van der Waals surface area contributed by atoms with E-state index in [0.717, 1.165) is 23.9 Å². The van der Waals surface area contributed by atoms with Crippen molar-refractivity contribution in [2.24, 2.45) is 5.84 Å². The number of nitrogens with zero attached hydrogens (tertiary/aromatic N) is 4. The van der Waals surface area contributed by atoms with Crippen LogP contribution >= 0.6 is 46.2 Å². The Labute approximate surface area is 131 Å². The van der Waals surface area contributed by atoms with Crippen molar-refractivity contribution in [2.45, 2.75) is 20.6 Å². The smallest absolute Gasteiger partial charge is 0.239 e. The lowest BCUT2D eigenvalue weighted by Gasteiger charge is -2.02. The van der Waals surface area contributed by atoms with Gasteiger partial charge in [-0.05, 0) is 31.0 Å². The van der Waals surface area contributed by atoms with E-state index in [1.165, 1.54) is 16.6 Å². The van der Waals surface area contributed by atoms with Gasteiger partial charge in [0, 0.05) is 10.3 Å². The van der Waals surface area contributed by atoms with E-state index in [-0.39, 0.29) is 0 Å². The number of nitrogen functional groups attached to an aromatic ring is 1. The van der Waals surface area contributed by atoms with Crippen LogP contribution in [0.2, 0.25) is 0 Å². The number of rotatable bonds is 4. The topological polar surface area (TPSA) is 89.6 Å². The molecule has 0 fully saturated rings. The minimum absolute atomic E-state index is 0.413. The molecule has 3 N–H and O–H groups in total. The number of hydrogen-bond donors (Lipinski definition) is 2. The third kappa shape index (κ3) is 2.74. The fraction of sp³-hybridized carbons (Fsp3) is 0.200. The minimum atomic E-state index is 0.413. The van der Waals surface area contributed by atoms with Crippen LogP contribution < -0.4 is 11.3 Å². The van der Waals surface area contributed by atoms with E-state index in [4.69, 9.17) is 5.84 Å². The van der Waals surface area contributed by atoms with Gasteiger partial charge in [-0.1, -0.05) is 23.1 Å². The average Bonchev–Trinajstić information content (AvgIpc) is 3.04. The first-order chi connectivity index (χ1) is 9.69. The van der Waals surface area contributed by atoms with Crippen LogP contribution in [0.25, 0.3) is 10.2 Å². The molecule has 3 aromatic rings. The van der Waals surface area contributed by atoms with Crippen molar-refractivity contribution >= 4 is 62.4 Å². The Balaban J connectivity index is 2.04. The summed E-state index contributed by atoms with van der Waals surface area (Å²) in [7, 11) is 0. The molecule has 0 atom stereocenters. The molecule has 0 aliphatic rings. The second-order valence-electron chi connectivity index (χ2n) is 3.71. The Bertz CT molecular complexity index is 751. The van der Waals surface area contributed by atoms with E-state index in [2.05, 4.69) is 31.7 Å². The quantitative estimate of drug-likeness (QED) is 0.324. The first-order valence-electron chi connectivity index (χ1n) is 5.49. The van der Waals surface area contributed by atoms with Crippen LogP contribution in [0.15, 0.2) is 19.8 Å². The molecule has 0 unspecified atom stereocenters. The zero-order chi connectivity index (χ0) is 14.1. The van der Waals surface area contributed by atoms with Crippen molar-refractivity contribution in [3.63, 3.8) is 0 Å². The summed E-state index contributed by atoms with van der Waals surface area (Å²) in [6, 6.07) is 2.08. The Morgan fingerprint density at radius 2 is 2.00 bits per heavy atom. The van der Waals surface area contributed by atoms with Gasteiger partial charge in [-0.25, -0.2) is 15.8 Å². The van der Waals surface area contributed by atoms with Crippen molar-refractivity contribution in [1.82, 2.24) is 20.2 Å². The van der Waals surface area contributed by atoms with Crippen LogP contribution in [-0.4, -0.2) is 26.4 Å². The molecule has 0 bridgehead atoms. The van der Waals surface area contributed by atoms with Gasteiger partial charge < -0.3 is 0 Å². The molecule has 0 aliphatic carbocycles. The summed E-state index contributed by atoms with van der Waals surface area (Å²) in [5.74, 6) is 5.84. The third-order valence-corrected chi connectivity index (χ3v) is 6.26. The first kappa shape index (κ1) is 14.0. The van der Waals surface area contributed by atoms with Crippen molar-refractivity contribution in [3.8, 4) is 0 Å². The molecule has 0 aromatic carbocycles. The number of aryl methyl sites for hydroxylation is 1. The molecule has 0 amide bonds. The number of hydrazine groups is 1. The summed E-state index contributed by atoms with van der Waals surface area (Å²) in [4.78, 5) is 10.9. The van der Waals surface area contributed by atoms with Crippen LogP contribution in [0.1, 0.15) is 4.88 Å². The molecular weight excluding hydrogens is 332 g/mol. The van der Waals surface area contributed by atoms with Gasteiger partial charge in [-0.3, -0.25) is 5.43 Å². The van der Waals surface area contributed by atoms with Gasteiger partial charge in [0.05, 0.1) is 0 Å². The van der Waals surface area contributed by atoms with E-state index in [9.17, 15) is 0 Å². The summed E-state index contributed by atoms with van der Waals surface area (Å²) in [6.07, 6.45) is 1.98. The zero-order valence-electron chi connectivity index (χ0n) is 10.6. The SMILES string of the molecule is CSc1nnc(Sc2nc(NN)nc3sc(C)cc23)s1. The molecule has 3 heterocycles. The molecule has 0 saturated heterocycles. The van der Waals surface area contributed by atoms with Crippen LogP contribution in [0.3, 0.4) is 0 Å². The fourth-order valence-corrected chi connectivity index (χ4v) is 4.95. The van der Waals surface area contributed by atoms with E-state index in [1.807, 2.05) is 13.2 Å². The molecule has 10 heteroatoms. The second-order valence-corrected chi connectivity index (χ2v) is 8.21. The predicted molar refractivity (Wildman–Crippen MR) is 85.8 cm³/mol. The minimum Gasteiger partial charge on any atom is -0.292 e. The third-order valence-electron chi connectivity index (χ3n) is 2.36. The second kappa shape index (κ2) is 5.82. The Morgan fingerprint density at radius 1 is 1.20 bits per heavy atom. The number of aromatic nitrogens is 4. The van der Waals surface area contributed by atoms with Gasteiger partial charge in [0.1, 0.15) is 9.86 Å². The van der Waals surface area contributed by atoms with Gasteiger partial charge in [-0.2, -0.15) is 0 Å². The number of thiophene rings is 1. The van der Waals surface area contributed by atoms with E-state index in [1.54, 1.807) is 34.4 Å². The Morgan fingerprint density at radius 3 is 2.70 bits per heavy atom. The maximum absolute atomic E-state index is 5.43. The molecule has 6 nitrogen and oxygen atoms in total. The molecule has 0 spiro atoms. The molecular formula is C10H10N6S4. The van der Waals surface area contributed by atoms with Crippen LogP contribution in [0.5, 0.6) is 0 Å². The van der Waals surface area contributed by atoms with Crippen LogP contribution in [0, 0.1) is 6.92 Å². The summed E-state index contributed by atoms with van der Waals surface area (Å²) in [6.45, 7) is 2.05. The monoisotopic (exact) mass is 342 g/mol. The number of anilines is 1. The number of nitrogens with one attached hydrogen (secondary N) is 1. The zero-order valence-corrected chi connectivity index (χ0v) is 13.8. The van der Waals surface area contributed by atoms with Gasteiger partial charge in [0.15, 0.2) is 8.68 Å². The predicted octanol–water partition coefficient (Wildman–Crippen LogP) is 3.01. The van der Waals surface area contributed by atoms with Gasteiger partial charge >= 0.3 is 0 Å². The van der Waals surface area contributed by atoms with Crippen molar-refractivity contribution in [3.05, 3.63) is 10.9 Å². The fourth-order valence-electron chi connectivity index (χ4n) is 1.56. The summed E-state index contributed by atoms with van der Waals surface area (Å²) in [5, 5.41) is 10.1. The normalized spacial score (nSPS) is 11.2. The lowest BCUT2D eigenvalue weighted by Crippen LogP contribution is -2.10. The highest BCUT2D eigenvalue weighted by Crippen LogP contribution is 2.37. The van der Waals surface area contributed by atoms with Gasteiger partial charge in [0.2, 0.25) is 5.95 Å². The molecule has 0 radical (unpaired) electrons. The number of thioether (sulfide) groups is 1. The highest BCUT2D eigenvalue weighted by Gasteiger charge is 2.14. The molecule has 3 aromatic heterocycles. The maximum atomic E-state index is 5.43. The first-order valence-corrected chi connectivity index (χ1v) is 9.17. The Kier molecular flexibility index (Phi) is 4.08.